The molecule has 2 aromatic carbocycles. The molecule has 5 rings (SSSR count). The van der Waals surface area contributed by atoms with E-state index in [1.54, 1.807) is 0 Å². The molecule has 1 heterocycles. The van der Waals surface area contributed by atoms with Gasteiger partial charge in [-0.2, -0.15) is 22.3 Å². The summed E-state index contributed by atoms with van der Waals surface area (Å²) in [5.74, 6) is 0.362. The number of hydrogen-bond acceptors (Lipinski definition) is 8. The van der Waals surface area contributed by atoms with Crippen LogP contribution >= 0.6 is 23.2 Å². The first kappa shape index (κ1) is 33.5. The molecule has 1 unspecified atom stereocenters. The average Bonchev–Trinajstić information content (AvgIpc) is 3.92. The van der Waals surface area contributed by atoms with Gasteiger partial charge in [0.15, 0.2) is 35.4 Å². The van der Waals surface area contributed by atoms with Crippen LogP contribution in [0.4, 0.5) is 22.4 Å². The third-order valence-corrected chi connectivity index (χ3v) is 7.82. The van der Waals surface area contributed by atoms with Gasteiger partial charge in [-0.05, 0) is 72.9 Å². The van der Waals surface area contributed by atoms with Crippen molar-refractivity contribution in [3.05, 3.63) is 80.7 Å². The number of ether oxygens (including phenoxy) is 6. The Morgan fingerprint density at radius 2 is 1.37 bits per heavy atom. The first-order valence-electron chi connectivity index (χ1n) is 14.4. The van der Waals surface area contributed by atoms with Crippen LogP contribution in [0.25, 0.3) is 0 Å². The molecular weight excluding hydrogens is 661 g/mol. The highest BCUT2D eigenvalue weighted by atomic mass is 35.5. The first-order chi connectivity index (χ1) is 22.0. The van der Waals surface area contributed by atoms with Gasteiger partial charge in [0.05, 0.1) is 13.2 Å². The van der Waals surface area contributed by atoms with Crippen molar-refractivity contribution in [3.8, 4) is 23.0 Å². The molecule has 0 amide bonds. The highest BCUT2D eigenvalue weighted by molar-refractivity contribution is 6.35. The Balaban J connectivity index is 1.35. The van der Waals surface area contributed by atoms with E-state index in [4.69, 9.17) is 42.1 Å². The van der Waals surface area contributed by atoms with Gasteiger partial charge in [0.25, 0.3) is 0 Å². The molecule has 2 aliphatic carbocycles. The lowest BCUT2D eigenvalue weighted by molar-refractivity contribution is -0.605. The van der Waals surface area contributed by atoms with Crippen LogP contribution in [0.1, 0.15) is 48.5 Å². The molecule has 2 saturated carbocycles. The smallest absolute Gasteiger partial charge is 0.509 e. The van der Waals surface area contributed by atoms with Gasteiger partial charge in [-0.15, -0.1) is 0 Å². The number of halogens is 6. The van der Waals surface area contributed by atoms with E-state index in [0.29, 0.717) is 34.3 Å². The van der Waals surface area contributed by atoms with Gasteiger partial charge in [0.1, 0.15) is 22.8 Å². The molecule has 3 aromatic rings. The van der Waals surface area contributed by atoms with Gasteiger partial charge >= 0.3 is 19.4 Å². The Morgan fingerprint density at radius 1 is 0.826 bits per heavy atom. The topological polar surface area (TPSA) is 99.4 Å². The van der Waals surface area contributed by atoms with Crippen molar-refractivity contribution >= 4 is 29.4 Å². The molecule has 0 saturated heterocycles. The van der Waals surface area contributed by atoms with Crippen molar-refractivity contribution < 1.29 is 55.5 Å². The Bertz CT molecular complexity index is 1500. The first-order valence-corrected chi connectivity index (χ1v) is 15.1. The van der Waals surface area contributed by atoms with Crippen molar-refractivity contribution in [2.24, 2.45) is 11.8 Å². The number of benzene rings is 2. The van der Waals surface area contributed by atoms with Gasteiger partial charge in [-0.1, -0.05) is 35.3 Å². The largest absolute Gasteiger partial charge is 0.619 e. The molecule has 1 aromatic heterocycles. The van der Waals surface area contributed by atoms with Crippen LogP contribution in [0.2, 0.25) is 10.0 Å². The summed E-state index contributed by atoms with van der Waals surface area (Å²) < 4.78 is 83.9. The van der Waals surface area contributed by atoms with Crippen molar-refractivity contribution in [1.82, 2.24) is 0 Å². The number of hydrogen-bond donors (Lipinski definition) is 0. The van der Waals surface area contributed by atoms with E-state index in [-0.39, 0.29) is 58.2 Å². The van der Waals surface area contributed by atoms with E-state index in [1.165, 1.54) is 36.4 Å². The minimum atomic E-state index is -3.10. The molecule has 0 radical (unpaired) electrons. The van der Waals surface area contributed by atoms with Gasteiger partial charge < -0.3 is 33.6 Å². The second-order valence-corrected chi connectivity index (χ2v) is 11.7. The zero-order valence-corrected chi connectivity index (χ0v) is 25.7. The summed E-state index contributed by atoms with van der Waals surface area (Å²) in [5.41, 5.74) is 0.979. The molecule has 0 bridgehead atoms. The zero-order valence-electron chi connectivity index (χ0n) is 24.1. The summed E-state index contributed by atoms with van der Waals surface area (Å²) in [6, 6.07) is 8.22. The maximum absolute atomic E-state index is 13.1. The van der Waals surface area contributed by atoms with Gasteiger partial charge in [0.2, 0.25) is 0 Å². The lowest BCUT2D eigenvalue weighted by atomic mass is 10.0. The van der Waals surface area contributed by atoms with E-state index in [0.717, 1.165) is 38.1 Å². The fourth-order valence-electron chi connectivity index (χ4n) is 4.39. The molecule has 0 spiro atoms. The standard InChI is InChI=1S/C31H29Cl2F4NO8/c32-22-12-38(40)13-23(33)21(22)11-26(20-6-8-25(45-30(36)37)28(10-20)42-15-18-3-4-18)46-31(39)43-16-19-5-7-24(44-29(34)35)27(9-19)41-14-17-1-2-17/h5-10,12-13,17-18,26,29-30H,1-4,11,14-16H2. The third kappa shape index (κ3) is 9.83. The molecule has 2 fully saturated rings. The molecule has 15 heteroatoms. The van der Waals surface area contributed by atoms with Gasteiger partial charge in [-0.3, -0.25) is 0 Å². The fourth-order valence-corrected chi connectivity index (χ4v) is 4.99. The summed E-state index contributed by atoms with van der Waals surface area (Å²) in [6.45, 7) is -5.87. The number of aromatic nitrogens is 1. The van der Waals surface area contributed by atoms with E-state index < -0.39 is 25.5 Å². The minimum Gasteiger partial charge on any atom is -0.619 e. The highest BCUT2D eigenvalue weighted by Crippen LogP contribution is 2.38. The van der Waals surface area contributed by atoms with E-state index >= 15 is 0 Å². The fraction of sp³-hybridized carbons (Fsp3) is 0.419. The monoisotopic (exact) mass is 689 g/mol. The molecule has 0 aliphatic heterocycles. The Hall–Kier alpha value is -3.84. The van der Waals surface area contributed by atoms with Crippen molar-refractivity contribution in [1.29, 1.82) is 0 Å². The van der Waals surface area contributed by atoms with Crippen molar-refractivity contribution in [3.63, 3.8) is 0 Å². The maximum atomic E-state index is 13.1. The maximum Gasteiger partial charge on any atom is 0.509 e. The van der Waals surface area contributed by atoms with E-state index in [2.05, 4.69) is 9.47 Å². The predicted molar refractivity (Wildman–Crippen MR) is 156 cm³/mol. The molecule has 248 valence electrons. The zero-order chi connectivity index (χ0) is 32.8. The van der Waals surface area contributed by atoms with Gasteiger partial charge in [-0.25, -0.2) is 4.79 Å². The second-order valence-electron chi connectivity index (χ2n) is 10.9. The molecule has 1 atom stereocenters. The number of carbonyl (C=O) groups excluding carboxylic acids is 1. The number of rotatable bonds is 16. The summed E-state index contributed by atoms with van der Waals surface area (Å²) >= 11 is 12.6. The normalized spacial score (nSPS) is 15.0. The summed E-state index contributed by atoms with van der Waals surface area (Å²) in [6.07, 6.45) is 3.59. The van der Waals surface area contributed by atoms with Crippen LogP contribution in [-0.2, 0) is 22.5 Å². The minimum absolute atomic E-state index is 0.00263. The van der Waals surface area contributed by atoms with Crippen LogP contribution in [0.15, 0.2) is 48.8 Å². The lowest BCUT2D eigenvalue weighted by Gasteiger charge is -2.21. The average molecular weight is 690 g/mol. The second kappa shape index (κ2) is 15.2. The summed E-state index contributed by atoms with van der Waals surface area (Å²) in [7, 11) is 0. The van der Waals surface area contributed by atoms with E-state index in [9.17, 15) is 27.6 Å². The Morgan fingerprint density at radius 3 is 1.91 bits per heavy atom. The highest BCUT2D eigenvalue weighted by Gasteiger charge is 2.27. The van der Waals surface area contributed by atoms with E-state index in [1.807, 2.05) is 0 Å². The quantitative estimate of drug-likeness (QED) is 0.0645. The number of alkyl halides is 4. The van der Waals surface area contributed by atoms with Gasteiger partial charge in [0, 0.05) is 12.0 Å². The molecular formula is C31H29Cl2F4NO8. The third-order valence-electron chi connectivity index (χ3n) is 7.17. The van der Waals surface area contributed by atoms with Crippen LogP contribution < -0.4 is 23.7 Å². The van der Waals surface area contributed by atoms with Crippen molar-refractivity contribution in [2.75, 3.05) is 13.2 Å². The van der Waals surface area contributed by atoms with Crippen LogP contribution in [0.5, 0.6) is 23.0 Å². The van der Waals surface area contributed by atoms with Crippen LogP contribution in [0, 0.1) is 17.0 Å². The Labute approximate surface area is 271 Å². The van der Waals surface area contributed by atoms with Crippen molar-refractivity contribution in [2.45, 2.75) is 58.0 Å². The van der Waals surface area contributed by atoms with Crippen LogP contribution in [-0.4, -0.2) is 32.6 Å². The number of carbonyl (C=O) groups is 1. The number of nitrogens with zero attached hydrogens (tertiary/aromatic N) is 1. The lowest BCUT2D eigenvalue weighted by Crippen LogP contribution is -2.25. The molecule has 2 aliphatic rings. The molecule has 46 heavy (non-hydrogen) atoms. The SMILES string of the molecule is O=C(OCc1ccc(OC(F)F)c(OCC2CC2)c1)OC(Cc1c(Cl)c[n+]([O-])cc1Cl)c1ccc(OC(F)F)c(OCC2CC2)c1. The summed E-state index contributed by atoms with van der Waals surface area (Å²) in [5, 5.41) is 11.8. The number of pyridine rings is 1. The summed E-state index contributed by atoms with van der Waals surface area (Å²) in [4.78, 5) is 13.0. The predicted octanol–water partition coefficient (Wildman–Crippen LogP) is 8.04. The molecule has 9 nitrogen and oxygen atoms in total. The Kier molecular flexibility index (Phi) is 11.1. The van der Waals surface area contributed by atoms with Crippen LogP contribution in [0.3, 0.4) is 0 Å². The molecule has 0 N–H and O–H groups in total.